The second-order valence-corrected chi connectivity index (χ2v) is 9.08. The lowest BCUT2D eigenvalue weighted by Crippen LogP contribution is -2.31. The van der Waals surface area contributed by atoms with Crippen molar-refractivity contribution >= 4 is 27.6 Å². The fourth-order valence-electron chi connectivity index (χ4n) is 3.02. The number of carbonyl (C=O) groups is 2. The first-order chi connectivity index (χ1) is 15.3. The van der Waals surface area contributed by atoms with Crippen LogP contribution in [0.3, 0.4) is 0 Å². The number of ether oxygens (including phenoxy) is 1. The Kier molecular flexibility index (Phi) is 7.27. The first-order valence-electron chi connectivity index (χ1n) is 9.94. The lowest BCUT2D eigenvalue weighted by Gasteiger charge is -2.19. The highest BCUT2D eigenvalue weighted by Crippen LogP contribution is 2.22. The number of esters is 1. The van der Waals surface area contributed by atoms with Gasteiger partial charge in [-0.25, -0.2) is 13.2 Å². The van der Waals surface area contributed by atoms with Crippen LogP contribution in [0.1, 0.15) is 28.9 Å². The molecular formula is C24H24N2O5S. The van der Waals surface area contributed by atoms with Crippen molar-refractivity contribution in [3.05, 3.63) is 96.1 Å². The average molecular weight is 453 g/mol. The highest BCUT2D eigenvalue weighted by atomic mass is 32.2. The van der Waals surface area contributed by atoms with Crippen molar-refractivity contribution < 1.29 is 22.7 Å². The van der Waals surface area contributed by atoms with Gasteiger partial charge in [0, 0.05) is 7.05 Å². The summed E-state index contributed by atoms with van der Waals surface area (Å²) in [4.78, 5) is 24.4. The van der Waals surface area contributed by atoms with Gasteiger partial charge in [-0.2, -0.15) is 0 Å². The Hall–Kier alpha value is -3.65. The van der Waals surface area contributed by atoms with Gasteiger partial charge in [0.05, 0.1) is 22.2 Å². The van der Waals surface area contributed by atoms with E-state index >= 15 is 0 Å². The Labute approximate surface area is 187 Å². The average Bonchev–Trinajstić information content (AvgIpc) is 2.83. The summed E-state index contributed by atoms with van der Waals surface area (Å²) in [5, 5.41) is 2.76. The molecule has 0 unspecified atom stereocenters. The number of sulfonamides is 1. The Balaban J connectivity index is 1.58. The van der Waals surface area contributed by atoms with Gasteiger partial charge in [-0.3, -0.25) is 9.10 Å². The molecule has 1 N–H and O–H groups in total. The van der Waals surface area contributed by atoms with Crippen LogP contribution in [-0.4, -0.2) is 33.9 Å². The molecule has 1 amide bonds. The summed E-state index contributed by atoms with van der Waals surface area (Å²) in [6.07, 6.45) is 0. The van der Waals surface area contributed by atoms with Gasteiger partial charge in [0.25, 0.3) is 15.9 Å². The number of amides is 1. The summed E-state index contributed by atoms with van der Waals surface area (Å²) >= 11 is 0. The van der Waals surface area contributed by atoms with E-state index in [2.05, 4.69) is 5.32 Å². The molecule has 7 nitrogen and oxygen atoms in total. The zero-order valence-corrected chi connectivity index (χ0v) is 18.6. The van der Waals surface area contributed by atoms with Gasteiger partial charge in [-0.15, -0.1) is 0 Å². The van der Waals surface area contributed by atoms with Crippen LogP contribution in [0.5, 0.6) is 0 Å². The monoisotopic (exact) mass is 452 g/mol. The third-order valence-corrected chi connectivity index (χ3v) is 6.68. The molecule has 0 fully saturated rings. The molecule has 0 aliphatic carbocycles. The molecule has 3 aromatic carbocycles. The molecule has 0 spiro atoms. The number of hydrogen-bond donors (Lipinski definition) is 1. The Morgan fingerprint density at radius 1 is 0.906 bits per heavy atom. The second-order valence-electron chi connectivity index (χ2n) is 7.11. The minimum atomic E-state index is -3.78. The molecular weight excluding hydrogens is 428 g/mol. The maximum Gasteiger partial charge on any atom is 0.338 e. The standard InChI is InChI=1S/C24H24N2O5S/c1-18(19-9-5-3-6-10-19)25-23(27)17-31-24(28)20-13-15-22(16-14-20)32(29,30)26(2)21-11-7-4-8-12-21/h3-16,18H,17H2,1-2H3,(H,25,27)/t18-/m0/s1. The van der Waals surface area contributed by atoms with E-state index < -0.39 is 28.5 Å². The van der Waals surface area contributed by atoms with E-state index in [4.69, 9.17) is 4.74 Å². The smallest absolute Gasteiger partial charge is 0.338 e. The highest BCUT2D eigenvalue weighted by Gasteiger charge is 2.22. The molecule has 0 saturated carbocycles. The molecule has 0 heterocycles. The summed E-state index contributed by atoms with van der Waals surface area (Å²) in [7, 11) is -2.32. The van der Waals surface area contributed by atoms with Crippen LogP contribution >= 0.6 is 0 Å². The lowest BCUT2D eigenvalue weighted by atomic mass is 10.1. The van der Waals surface area contributed by atoms with Crippen LogP contribution in [0.2, 0.25) is 0 Å². The molecule has 1 atom stereocenters. The molecule has 3 aromatic rings. The van der Waals surface area contributed by atoms with Crippen LogP contribution < -0.4 is 9.62 Å². The van der Waals surface area contributed by atoms with Crippen LogP contribution in [0.4, 0.5) is 5.69 Å². The van der Waals surface area contributed by atoms with Crippen molar-refractivity contribution in [3.63, 3.8) is 0 Å². The number of benzene rings is 3. The Morgan fingerprint density at radius 3 is 2.06 bits per heavy atom. The van der Waals surface area contributed by atoms with Gasteiger partial charge in [0.1, 0.15) is 0 Å². The van der Waals surface area contributed by atoms with Crippen molar-refractivity contribution in [2.75, 3.05) is 18.0 Å². The molecule has 0 aromatic heterocycles. The molecule has 0 bridgehead atoms. The quantitative estimate of drug-likeness (QED) is 0.528. The fourth-order valence-corrected chi connectivity index (χ4v) is 4.22. The van der Waals surface area contributed by atoms with Gasteiger partial charge in [0.15, 0.2) is 6.61 Å². The molecule has 0 aliphatic rings. The summed E-state index contributed by atoms with van der Waals surface area (Å²) in [5.41, 5.74) is 1.60. The van der Waals surface area contributed by atoms with E-state index in [1.165, 1.54) is 35.6 Å². The minimum Gasteiger partial charge on any atom is -0.452 e. The number of nitrogens with one attached hydrogen (secondary N) is 1. The van der Waals surface area contributed by atoms with Crippen molar-refractivity contribution in [2.24, 2.45) is 0 Å². The summed E-state index contributed by atoms with van der Waals surface area (Å²) in [6.45, 7) is 1.40. The normalized spacial score (nSPS) is 11.9. The van der Waals surface area contributed by atoms with Crippen molar-refractivity contribution in [3.8, 4) is 0 Å². The van der Waals surface area contributed by atoms with Crippen molar-refractivity contribution in [2.45, 2.75) is 17.9 Å². The van der Waals surface area contributed by atoms with Gasteiger partial charge < -0.3 is 10.1 Å². The predicted molar refractivity (Wildman–Crippen MR) is 122 cm³/mol. The maximum absolute atomic E-state index is 12.8. The summed E-state index contributed by atoms with van der Waals surface area (Å²) < 4.78 is 31.8. The maximum atomic E-state index is 12.8. The molecule has 32 heavy (non-hydrogen) atoms. The van der Waals surface area contributed by atoms with Crippen molar-refractivity contribution in [1.29, 1.82) is 0 Å². The number of anilines is 1. The van der Waals surface area contributed by atoms with Gasteiger partial charge in [-0.05, 0) is 48.9 Å². The van der Waals surface area contributed by atoms with E-state index in [-0.39, 0.29) is 16.5 Å². The number of para-hydroxylation sites is 1. The zero-order valence-electron chi connectivity index (χ0n) is 17.8. The van der Waals surface area contributed by atoms with Crippen LogP contribution in [-0.2, 0) is 19.6 Å². The van der Waals surface area contributed by atoms with E-state index in [1.807, 2.05) is 37.3 Å². The topological polar surface area (TPSA) is 92.8 Å². The summed E-state index contributed by atoms with van der Waals surface area (Å²) in [5.74, 6) is -1.15. The van der Waals surface area contributed by atoms with Crippen LogP contribution in [0.15, 0.2) is 89.8 Å². The molecule has 0 radical (unpaired) electrons. The Bertz CT molecular complexity index is 1160. The molecule has 3 rings (SSSR count). The van der Waals surface area contributed by atoms with Gasteiger partial charge >= 0.3 is 5.97 Å². The SMILES string of the molecule is C[C@H](NC(=O)COC(=O)c1ccc(S(=O)(=O)N(C)c2ccccc2)cc1)c1ccccc1. The van der Waals surface area contributed by atoms with Gasteiger partial charge in [-0.1, -0.05) is 48.5 Å². The number of hydrogen-bond acceptors (Lipinski definition) is 5. The molecule has 0 aliphatic heterocycles. The third kappa shape index (κ3) is 5.53. The predicted octanol–water partition coefficient (Wildman–Crippen LogP) is 3.55. The van der Waals surface area contributed by atoms with E-state index in [0.29, 0.717) is 5.69 Å². The van der Waals surface area contributed by atoms with Crippen LogP contribution in [0, 0.1) is 0 Å². The number of rotatable bonds is 8. The minimum absolute atomic E-state index is 0.0369. The fraction of sp³-hybridized carbons (Fsp3) is 0.167. The second kappa shape index (κ2) is 10.1. The first-order valence-corrected chi connectivity index (χ1v) is 11.4. The van der Waals surface area contributed by atoms with Crippen LogP contribution in [0.25, 0.3) is 0 Å². The largest absolute Gasteiger partial charge is 0.452 e. The van der Waals surface area contributed by atoms with E-state index in [1.54, 1.807) is 30.3 Å². The van der Waals surface area contributed by atoms with E-state index in [0.717, 1.165) is 5.56 Å². The van der Waals surface area contributed by atoms with Gasteiger partial charge in [0.2, 0.25) is 0 Å². The number of carbonyl (C=O) groups excluding carboxylic acids is 2. The molecule has 166 valence electrons. The summed E-state index contributed by atoms with van der Waals surface area (Å²) in [6, 6.07) is 23.2. The molecule has 8 heteroatoms. The molecule has 0 saturated heterocycles. The highest BCUT2D eigenvalue weighted by molar-refractivity contribution is 7.92. The third-order valence-electron chi connectivity index (χ3n) is 4.88. The van der Waals surface area contributed by atoms with E-state index in [9.17, 15) is 18.0 Å². The van der Waals surface area contributed by atoms with Crippen molar-refractivity contribution in [1.82, 2.24) is 5.32 Å². The number of nitrogens with zero attached hydrogens (tertiary/aromatic N) is 1. The zero-order chi connectivity index (χ0) is 23.1. The Morgan fingerprint density at radius 2 is 1.47 bits per heavy atom. The first kappa shape index (κ1) is 23.0. The lowest BCUT2D eigenvalue weighted by molar-refractivity contribution is -0.124.